The zero-order valence-electron chi connectivity index (χ0n) is 17.0. The normalized spacial score (nSPS) is 17.6. The largest absolute Gasteiger partial charge is 0.458 e. The van der Waals surface area contributed by atoms with Gasteiger partial charge in [0.2, 0.25) is 11.8 Å². The van der Waals surface area contributed by atoms with Crippen LogP contribution in [0.15, 0.2) is 22.7 Å². The minimum Gasteiger partial charge on any atom is -0.458 e. The first kappa shape index (κ1) is 19.6. The van der Waals surface area contributed by atoms with E-state index >= 15 is 0 Å². The molecule has 7 heteroatoms. The second-order valence-electron chi connectivity index (χ2n) is 8.26. The number of carbonyl (C=O) groups is 1. The van der Waals surface area contributed by atoms with Gasteiger partial charge < -0.3 is 14.9 Å². The molecule has 154 valence electrons. The van der Waals surface area contributed by atoms with Crippen LogP contribution in [0.3, 0.4) is 0 Å². The van der Waals surface area contributed by atoms with Crippen molar-refractivity contribution < 1.29 is 9.21 Å². The average Bonchev–Trinajstić information content (AvgIpc) is 3.51. The number of anilines is 1. The number of nitrogens with two attached hydrogens (primary N) is 1. The summed E-state index contributed by atoms with van der Waals surface area (Å²) in [7, 11) is 0. The number of nitrogen functional groups attached to an aromatic ring is 1. The molecule has 0 saturated heterocycles. The van der Waals surface area contributed by atoms with Crippen LogP contribution >= 0.6 is 0 Å². The van der Waals surface area contributed by atoms with Crippen molar-refractivity contribution in [1.29, 1.82) is 0 Å². The molecule has 0 bridgehead atoms. The Balaban J connectivity index is 0.000000249. The molecular formula is C22H29N5O2. The smallest absolute Gasteiger partial charge is 0.224 e. The average molecular weight is 396 g/mol. The van der Waals surface area contributed by atoms with Crippen molar-refractivity contribution in [2.45, 2.75) is 64.7 Å². The van der Waals surface area contributed by atoms with Crippen LogP contribution in [0.5, 0.6) is 0 Å². The van der Waals surface area contributed by atoms with Crippen molar-refractivity contribution >= 4 is 17.9 Å². The lowest BCUT2D eigenvalue weighted by Crippen LogP contribution is -2.06. The minimum atomic E-state index is 0.254. The van der Waals surface area contributed by atoms with Gasteiger partial charge in [0.25, 0.3) is 0 Å². The quantitative estimate of drug-likeness (QED) is 0.658. The van der Waals surface area contributed by atoms with Crippen molar-refractivity contribution in [1.82, 2.24) is 19.6 Å². The molecule has 2 aliphatic rings. The fraction of sp³-hybridized carbons (Fsp3) is 0.545. The van der Waals surface area contributed by atoms with E-state index in [9.17, 15) is 4.79 Å². The molecule has 0 amide bonds. The van der Waals surface area contributed by atoms with Crippen molar-refractivity contribution in [3.05, 3.63) is 29.7 Å². The van der Waals surface area contributed by atoms with Gasteiger partial charge in [-0.05, 0) is 44.2 Å². The molecule has 0 unspecified atom stereocenters. The Hall–Kier alpha value is -2.70. The Morgan fingerprint density at radius 1 is 1.14 bits per heavy atom. The number of carbonyl (C=O) groups excluding carboxylic acids is 1. The lowest BCUT2D eigenvalue weighted by atomic mass is 10.00. The predicted octanol–water partition coefficient (Wildman–Crippen LogP) is 4.38. The summed E-state index contributed by atoms with van der Waals surface area (Å²) in [5, 5.41) is 4.46. The molecule has 2 saturated carbocycles. The summed E-state index contributed by atoms with van der Waals surface area (Å²) in [5.41, 5.74) is 7.84. The molecule has 0 radical (unpaired) electrons. The number of aryl methyl sites for hydroxylation is 1. The van der Waals surface area contributed by atoms with Crippen LogP contribution in [0, 0.1) is 18.8 Å². The summed E-state index contributed by atoms with van der Waals surface area (Å²) in [4.78, 5) is 18.7. The van der Waals surface area contributed by atoms with Gasteiger partial charge >= 0.3 is 0 Å². The second kappa shape index (κ2) is 8.76. The Kier molecular flexibility index (Phi) is 5.92. The van der Waals surface area contributed by atoms with Gasteiger partial charge in [-0.1, -0.05) is 38.5 Å². The van der Waals surface area contributed by atoms with Gasteiger partial charge in [-0.2, -0.15) is 19.6 Å². The van der Waals surface area contributed by atoms with E-state index in [1.54, 1.807) is 4.52 Å². The van der Waals surface area contributed by atoms with Gasteiger partial charge in [-0.25, -0.2) is 0 Å². The van der Waals surface area contributed by atoms with E-state index in [1.165, 1.54) is 38.5 Å². The predicted molar refractivity (Wildman–Crippen MR) is 111 cm³/mol. The van der Waals surface area contributed by atoms with Crippen LogP contribution in [-0.4, -0.2) is 25.9 Å². The van der Waals surface area contributed by atoms with Crippen molar-refractivity contribution in [2.24, 2.45) is 11.8 Å². The highest BCUT2D eigenvalue weighted by Gasteiger charge is 2.20. The third kappa shape index (κ3) is 4.49. The van der Waals surface area contributed by atoms with E-state index in [2.05, 4.69) is 15.1 Å². The number of fused-ring (bicyclic) bond motifs is 1. The summed E-state index contributed by atoms with van der Waals surface area (Å²) >= 11 is 0. The molecule has 3 aromatic heterocycles. The van der Waals surface area contributed by atoms with Crippen molar-refractivity contribution in [3.8, 4) is 11.6 Å². The number of rotatable bonds is 4. The fourth-order valence-corrected chi connectivity index (χ4v) is 4.42. The van der Waals surface area contributed by atoms with E-state index in [0.29, 0.717) is 17.5 Å². The van der Waals surface area contributed by atoms with Gasteiger partial charge in [-0.15, -0.1) is 0 Å². The lowest BCUT2D eigenvalue weighted by Gasteiger charge is -2.07. The number of hydrogen-bond donors (Lipinski definition) is 1. The first-order chi connectivity index (χ1) is 14.1. The second-order valence-corrected chi connectivity index (χ2v) is 8.26. The number of hydrogen-bond acceptors (Lipinski definition) is 6. The van der Waals surface area contributed by atoms with E-state index in [4.69, 9.17) is 10.2 Å². The van der Waals surface area contributed by atoms with Crippen molar-refractivity contribution in [2.75, 3.05) is 5.73 Å². The Morgan fingerprint density at radius 2 is 1.86 bits per heavy atom. The van der Waals surface area contributed by atoms with Gasteiger partial charge in [0.1, 0.15) is 12.0 Å². The molecule has 5 rings (SSSR count). The number of nitrogens with zero attached hydrogens (tertiary/aromatic N) is 4. The number of furan rings is 1. The van der Waals surface area contributed by atoms with Crippen molar-refractivity contribution in [3.63, 3.8) is 0 Å². The maximum Gasteiger partial charge on any atom is 0.224 e. The molecule has 0 atom stereocenters. The highest BCUT2D eigenvalue weighted by molar-refractivity contribution is 5.58. The Labute approximate surface area is 170 Å². The standard InChI is InChI=1S/C16H19N5O.C6H10O/c1-10-6-7-13(22-10)15-20-16(17)19-14-12(9-18-21(14)15)8-11-4-2-3-5-11;7-5-6-3-1-2-4-6/h6-7,9,11H,2-5,8H2,1H3,(H2,17,19);5-6H,1-4H2. The van der Waals surface area contributed by atoms with E-state index in [1.807, 2.05) is 25.3 Å². The topological polar surface area (TPSA) is 99.3 Å². The van der Waals surface area contributed by atoms with Gasteiger partial charge in [-0.3, -0.25) is 0 Å². The number of aromatic nitrogens is 4. The van der Waals surface area contributed by atoms with Gasteiger partial charge in [0, 0.05) is 11.5 Å². The van der Waals surface area contributed by atoms with Gasteiger partial charge in [0.05, 0.1) is 6.20 Å². The van der Waals surface area contributed by atoms with E-state index in [-0.39, 0.29) is 5.95 Å². The highest BCUT2D eigenvalue weighted by Crippen LogP contribution is 2.30. The Bertz CT molecular complexity index is 965. The van der Waals surface area contributed by atoms with Crippen LogP contribution in [0.4, 0.5) is 5.95 Å². The monoisotopic (exact) mass is 395 g/mol. The summed E-state index contributed by atoms with van der Waals surface area (Å²) in [6.45, 7) is 1.90. The molecule has 2 aliphatic carbocycles. The summed E-state index contributed by atoms with van der Waals surface area (Å²) < 4.78 is 7.40. The first-order valence-corrected chi connectivity index (χ1v) is 10.7. The summed E-state index contributed by atoms with van der Waals surface area (Å²) in [6.07, 6.45) is 14.1. The van der Waals surface area contributed by atoms with Crippen LogP contribution < -0.4 is 5.73 Å². The van der Waals surface area contributed by atoms with Crippen LogP contribution in [-0.2, 0) is 11.2 Å². The minimum absolute atomic E-state index is 0.254. The van der Waals surface area contributed by atoms with Gasteiger partial charge in [0.15, 0.2) is 11.4 Å². The lowest BCUT2D eigenvalue weighted by molar-refractivity contribution is -0.110. The third-order valence-electron chi connectivity index (χ3n) is 5.99. The molecule has 29 heavy (non-hydrogen) atoms. The molecule has 7 nitrogen and oxygen atoms in total. The SMILES string of the molecule is Cc1ccc(-c2nc(N)nc3c(CC4CCCC4)cnn23)o1.O=CC1CCCC1. The molecule has 0 aliphatic heterocycles. The van der Waals surface area contributed by atoms with Crippen LogP contribution in [0.1, 0.15) is 62.7 Å². The maximum atomic E-state index is 10.0. The molecule has 0 spiro atoms. The third-order valence-corrected chi connectivity index (χ3v) is 5.99. The zero-order chi connectivity index (χ0) is 20.2. The molecule has 2 N–H and O–H groups in total. The molecular weight excluding hydrogens is 366 g/mol. The zero-order valence-corrected chi connectivity index (χ0v) is 17.0. The molecule has 0 aromatic carbocycles. The Morgan fingerprint density at radius 3 is 2.48 bits per heavy atom. The molecule has 2 fully saturated rings. The van der Waals surface area contributed by atoms with Crippen LogP contribution in [0.25, 0.3) is 17.2 Å². The highest BCUT2D eigenvalue weighted by atomic mass is 16.3. The van der Waals surface area contributed by atoms with Crippen LogP contribution in [0.2, 0.25) is 0 Å². The first-order valence-electron chi connectivity index (χ1n) is 10.7. The fourth-order valence-electron chi connectivity index (χ4n) is 4.42. The summed E-state index contributed by atoms with van der Waals surface area (Å²) in [6, 6.07) is 3.79. The maximum absolute atomic E-state index is 10.0. The molecule has 3 heterocycles. The van der Waals surface area contributed by atoms with E-state index in [0.717, 1.165) is 48.4 Å². The molecule has 3 aromatic rings. The number of aldehydes is 1. The summed E-state index contributed by atoms with van der Waals surface area (Å²) in [5.74, 6) is 3.50. The van der Waals surface area contributed by atoms with E-state index < -0.39 is 0 Å².